The average molecular weight is 412 g/mol. The van der Waals surface area contributed by atoms with Gasteiger partial charge in [-0.15, -0.1) is 13.2 Å². The molecule has 2 amide bonds. The van der Waals surface area contributed by atoms with Gasteiger partial charge in [0, 0.05) is 18.3 Å². The quantitative estimate of drug-likeness (QED) is 0.807. The van der Waals surface area contributed by atoms with Gasteiger partial charge in [-0.05, 0) is 69.2 Å². The normalized spacial score (nSPS) is 27.2. The second kappa shape index (κ2) is 7.42. The molecular weight excluding hydrogens is 389 g/mol. The van der Waals surface area contributed by atoms with E-state index >= 15 is 0 Å². The second-order valence-corrected chi connectivity index (χ2v) is 8.05. The Hall–Kier alpha value is -2.45. The molecule has 29 heavy (non-hydrogen) atoms. The van der Waals surface area contributed by atoms with Crippen molar-refractivity contribution in [3.05, 3.63) is 24.3 Å². The molecule has 3 fully saturated rings. The maximum absolute atomic E-state index is 13.1. The smallest absolute Gasteiger partial charge is 0.446 e. The lowest BCUT2D eigenvalue weighted by Crippen LogP contribution is -2.40. The first-order valence-electron chi connectivity index (χ1n) is 9.89. The van der Waals surface area contributed by atoms with Crippen LogP contribution in [0.3, 0.4) is 0 Å². The number of amides is 2. The molecule has 1 aromatic carbocycles. The highest BCUT2D eigenvalue weighted by Gasteiger charge is 2.49. The minimum Gasteiger partial charge on any atom is -0.446 e. The van der Waals surface area contributed by atoms with E-state index in [1.807, 2.05) is 0 Å². The van der Waals surface area contributed by atoms with Gasteiger partial charge in [0.25, 0.3) is 0 Å². The van der Waals surface area contributed by atoms with Crippen LogP contribution in [-0.4, -0.2) is 37.1 Å². The molecule has 1 spiro atoms. The summed E-state index contributed by atoms with van der Waals surface area (Å²) in [5.74, 6) is -0.326. The SMILES string of the molecule is O=C(NC1CC1)O[C@H]1CC[C@@]2(CCN(c3ccc(OC(F)(F)F)cc3)C2=O)CC1. The maximum Gasteiger partial charge on any atom is 0.573 e. The monoisotopic (exact) mass is 412 g/mol. The van der Waals surface area contributed by atoms with Crippen molar-refractivity contribution >= 4 is 17.7 Å². The van der Waals surface area contributed by atoms with Crippen molar-refractivity contribution in [2.75, 3.05) is 11.4 Å². The summed E-state index contributed by atoms with van der Waals surface area (Å²) in [5.41, 5.74) is 0.0807. The summed E-state index contributed by atoms with van der Waals surface area (Å²) in [6, 6.07) is 5.61. The number of nitrogens with one attached hydrogen (secondary N) is 1. The van der Waals surface area contributed by atoms with Gasteiger partial charge >= 0.3 is 12.5 Å². The Balaban J connectivity index is 1.33. The number of rotatable bonds is 4. The molecule has 0 aromatic heterocycles. The van der Waals surface area contributed by atoms with Gasteiger partial charge < -0.3 is 19.7 Å². The molecule has 1 heterocycles. The van der Waals surface area contributed by atoms with Crippen molar-refractivity contribution in [2.24, 2.45) is 5.41 Å². The molecule has 4 rings (SSSR count). The molecule has 9 heteroatoms. The van der Waals surface area contributed by atoms with Crippen LogP contribution in [0.4, 0.5) is 23.7 Å². The van der Waals surface area contributed by atoms with Gasteiger partial charge in [-0.1, -0.05) is 0 Å². The van der Waals surface area contributed by atoms with Crippen molar-refractivity contribution in [1.29, 1.82) is 0 Å². The second-order valence-electron chi connectivity index (χ2n) is 8.05. The molecule has 3 aliphatic rings. The van der Waals surface area contributed by atoms with Crippen LogP contribution in [0, 0.1) is 5.41 Å². The van der Waals surface area contributed by atoms with Gasteiger partial charge in [-0.25, -0.2) is 4.79 Å². The van der Waals surface area contributed by atoms with E-state index in [-0.39, 0.29) is 29.9 Å². The Bertz CT molecular complexity index is 769. The number of halogens is 3. The van der Waals surface area contributed by atoms with Crippen LogP contribution in [0.5, 0.6) is 5.75 Å². The Morgan fingerprint density at radius 1 is 1.07 bits per heavy atom. The summed E-state index contributed by atoms with van der Waals surface area (Å²) < 4.78 is 46.2. The summed E-state index contributed by atoms with van der Waals surface area (Å²) in [6.07, 6.45) is -0.0790. The molecule has 2 aliphatic carbocycles. The number of ether oxygens (including phenoxy) is 2. The number of carbonyl (C=O) groups excluding carboxylic acids is 2. The number of anilines is 1. The third-order valence-corrected chi connectivity index (χ3v) is 5.96. The first-order chi connectivity index (χ1) is 13.7. The number of alkyl halides is 3. The molecule has 2 saturated carbocycles. The number of benzene rings is 1. The highest BCUT2D eigenvalue weighted by atomic mass is 19.4. The number of nitrogens with zero attached hydrogens (tertiary/aromatic N) is 1. The van der Waals surface area contributed by atoms with Crippen molar-refractivity contribution in [3.8, 4) is 5.75 Å². The van der Waals surface area contributed by atoms with E-state index in [0.717, 1.165) is 12.8 Å². The Kier molecular flexibility index (Phi) is 5.08. The topological polar surface area (TPSA) is 67.9 Å². The van der Waals surface area contributed by atoms with Crippen LogP contribution in [0.25, 0.3) is 0 Å². The summed E-state index contributed by atoms with van der Waals surface area (Å²) in [4.78, 5) is 26.5. The predicted octanol–water partition coefficient (Wildman–Crippen LogP) is 4.14. The number of hydrogen-bond acceptors (Lipinski definition) is 4. The zero-order valence-electron chi connectivity index (χ0n) is 15.8. The average Bonchev–Trinajstić information content (AvgIpc) is 3.41. The molecule has 0 unspecified atom stereocenters. The number of hydrogen-bond donors (Lipinski definition) is 1. The van der Waals surface area contributed by atoms with Crippen LogP contribution in [0.2, 0.25) is 0 Å². The van der Waals surface area contributed by atoms with Gasteiger partial charge in [0.2, 0.25) is 5.91 Å². The molecule has 0 bridgehead atoms. The molecule has 1 saturated heterocycles. The highest BCUT2D eigenvalue weighted by molar-refractivity contribution is 6.00. The highest BCUT2D eigenvalue weighted by Crippen LogP contribution is 2.46. The minimum absolute atomic E-state index is 0.0112. The largest absolute Gasteiger partial charge is 0.573 e. The third-order valence-electron chi connectivity index (χ3n) is 5.96. The molecule has 1 N–H and O–H groups in total. The lowest BCUT2D eigenvalue weighted by molar-refractivity contribution is -0.274. The molecule has 0 atom stereocenters. The number of carbonyl (C=O) groups is 2. The molecule has 0 radical (unpaired) electrons. The predicted molar refractivity (Wildman–Crippen MR) is 97.4 cm³/mol. The Labute approximate surface area is 166 Å². The van der Waals surface area contributed by atoms with Gasteiger partial charge in [-0.3, -0.25) is 4.79 Å². The third kappa shape index (κ3) is 4.59. The Morgan fingerprint density at radius 3 is 2.31 bits per heavy atom. The Morgan fingerprint density at radius 2 is 1.72 bits per heavy atom. The van der Waals surface area contributed by atoms with Crippen molar-refractivity contribution in [3.63, 3.8) is 0 Å². The van der Waals surface area contributed by atoms with E-state index in [1.165, 1.54) is 24.3 Å². The van der Waals surface area contributed by atoms with Crippen LogP contribution >= 0.6 is 0 Å². The van der Waals surface area contributed by atoms with E-state index in [0.29, 0.717) is 44.3 Å². The molecule has 1 aromatic rings. The molecule has 6 nitrogen and oxygen atoms in total. The summed E-state index contributed by atoms with van der Waals surface area (Å²) in [7, 11) is 0. The van der Waals surface area contributed by atoms with Crippen LogP contribution in [0.1, 0.15) is 44.9 Å². The first-order valence-corrected chi connectivity index (χ1v) is 9.89. The van der Waals surface area contributed by atoms with E-state index < -0.39 is 11.8 Å². The fourth-order valence-electron chi connectivity index (χ4n) is 4.20. The van der Waals surface area contributed by atoms with Crippen molar-refractivity contribution in [2.45, 2.75) is 63.5 Å². The fourth-order valence-corrected chi connectivity index (χ4v) is 4.20. The van der Waals surface area contributed by atoms with E-state index in [4.69, 9.17) is 4.74 Å². The van der Waals surface area contributed by atoms with Crippen molar-refractivity contribution < 1.29 is 32.2 Å². The fraction of sp³-hybridized carbons (Fsp3) is 0.600. The zero-order chi connectivity index (χ0) is 20.6. The number of alkyl carbamates (subject to hydrolysis) is 1. The minimum atomic E-state index is -4.74. The zero-order valence-corrected chi connectivity index (χ0v) is 15.8. The van der Waals surface area contributed by atoms with E-state index in [2.05, 4.69) is 10.1 Å². The van der Waals surface area contributed by atoms with Crippen molar-refractivity contribution in [1.82, 2.24) is 5.32 Å². The van der Waals surface area contributed by atoms with Crippen LogP contribution < -0.4 is 15.0 Å². The lowest BCUT2D eigenvalue weighted by atomic mass is 9.72. The first kappa shape index (κ1) is 19.8. The van der Waals surface area contributed by atoms with Gasteiger partial charge in [-0.2, -0.15) is 0 Å². The summed E-state index contributed by atoms with van der Waals surface area (Å²) >= 11 is 0. The maximum atomic E-state index is 13.1. The molecule has 158 valence electrons. The molecular formula is C20H23F3N2O4. The van der Waals surface area contributed by atoms with Crippen LogP contribution in [-0.2, 0) is 9.53 Å². The summed E-state index contributed by atoms with van der Waals surface area (Å²) in [5, 5.41) is 2.80. The van der Waals surface area contributed by atoms with Gasteiger partial charge in [0.05, 0.1) is 5.41 Å². The lowest BCUT2D eigenvalue weighted by Gasteiger charge is -2.35. The van der Waals surface area contributed by atoms with Crippen LogP contribution in [0.15, 0.2) is 24.3 Å². The van der Waals surface area contributed by atoms with Gasteiger partial charge in [0.1, 0.15) is 11.9 Å². The van der Waals surface area contributed by atoms with E-state index in [9.17, 15) is 22.8 Å². The van der Waals surface area contributed by atoms with E-state index in [1.54, 1.807) is 4.90 Å². The summed E-state index contributed by atoms with van der Waals surface area (Å²) in [6.45, 7) is 0.520. The standard InChI is InChI=1S/C20H23F3N2O4/c21-20(22,23)29-16-5-3-14(4-6-16)25-12-11-19(17(25)26)9-7-15(8-10-19)28-18(27)24-13-1-2-13/h3-6,13,15H,1-2,7-12H2,(H,24,27)/t15-,19-. The van der Waals surface area contributed by atoms with Gasteiger partial charge in [0.15, 0.2) is 0 Å². The molecule has 1 aliphatic heterocycles.